The fraction of sp³-hybridized carbons (Fsp3) is 0.500. The monoisotopic (exact) mass is 308 g/mol. The van der Waals surface area contributed by atoms with E-state index in [-0.39, 0.29) is 17.8 Å². The Balaban J connectivity index is 2.26. The van der Waals surface area contributed by atoms with Crippen LogP contribution in [0.15, 0.2) is 29.3 Å². The molecule has 1 amide bonds. The molecule has 0 unspecified atom stereocenters. The molecule has 0 saturated heterocycles. The molecular weight excluding hydrogens is 283 g/mol. The van der Waals surface area contributed by atoms with E-state index in [0.29, 0.717) is 37.5 Å². The molecule has 0 aliphatic rings. The Morgan fingerprint density at radius 1 is 1.23 bits per heavy atom. The summed E-state index contributed by atoms with van der Waals surface area (Å²) in [6, 6.07) is 6.86. The summed E-state index contributed by atoms with van der Waals surface area (Å²) < 4.78 is 13.5. The Morgan fingerprint density at radius 3 is 2.55 bits per heavy atom. The van der Waals surface area contributed by atoms with Gasteiger partial charge in [0.05, 0.1) is 0 Å². The van der Waals surface area contributed by atoms with Crippen LogP contribution < -0.4 is 16.0 Å². The van der Waals surface area contributed by atoms with Gasteiger partial charge in [-0.05, 0) is 31.9 Å². The predicted octanol–water partition coefficient (Wildman–Crippen LogP) is 1.45. The first-order valence-electron chi connectivity index (χ1n) is 7.50. The van der Waals surface area contributed by atoms with Crippen molar-refractivity contribution in [2.45, 2.75) is 32.7 Å². The standard InChI is InChI=1S/C16H25FN4O/c1-12(2)21-15(22)9-11-20-16(18-3)19-10-8-13-6-4-5-7-14(13)17/h4-7,12H,8-11H2,1-3H3,(H,21,22)(H2,18,19,20). The average molecular weight is 308 g/mol. The van der Waals surface area contributed by atoms with Crippen LogP contribution in [-0.4, -0.2) is 38.0 Å². The summed E-state index contributed by atoms with van der Waals surface area (Å²) in [5.41, 5.74) is 0.668. The van der Waals surface area contributed by atoms with E-state index in [1.165, 1.54) is 6.07 Å². The highest BCUT2D eigenvalue weighted by atomic mass is 19.1. The van der Waals surface area contributed by atoms with E-state index in [4.69, 9.17) is 0 Å². The molecule has 1 rings (SSSR count). The molecule has 0 saturated carbocycles. The summed E-state index contributed by atoms with van der Waals surface area (Å²) in [5.74, 6) is 0.413. The van der Waals surface area contributed by atoms with Gasteiger partial charge in [0.15, 0.2) is 5.96 Å². The van der Waals surface area contributed by atoms with E-state index in [0.717, 1.165) is 0 Å². The topological polar surface area (TPSA) is 65.5 Å². The van der Waals surface area contributed by atoms with Crippen molar-refractivity contribution in [3.8, 4) is 0 Å². The van der Waals surface area contributed by atoms with E-state index >= 15 is 0 Å². The smallest absolute Gasteiger partial charge is 0.221 e. The molecule has 0 atom stereocenters. The Hall–Kier alpha value is -2.11. The van der Waals surface area contributed by atoms with Crippen LogP contribution in [0, 0.1) is 5.82 Å². The number of carbonyl (C=O) groups is 1. The second-order valence-electron chi connectivity index (χ2n) is 5.24. The normalized spacial score (nSPS) is 11.4. The zero-order valence-corrected chi connectivity index (χ0v) is 13.4. The second-order valence-corrected chi connectivity index (χ2v) is 5.24. The summed E-state index contributed by atoms with van der Waals surface area (Å²) in [7, 11) is 1.66. The summed E-state index contributed by atoms with van der Waals surface area (Å²) >= 11 is 0. The van der Waals surface area contributed by atoms with Crippen LogP contribution in [0.4, 0.5) is 4.39 Å². The van der Waals surface area contributed by atoms with E-state index in [1.807, 2.05) is 19.9 Å². The van der Waals surface area contributed by atoms with E-state index in [9.17, 15) is 9.18 Å². The number of hydrogen-bond donors (Lipinski definition) is 3. The van der Waals surface area contributed by atoms with Crippen molar-refractivity contribution in [1.29, 1.82) is 0 Å². The maximum Gasteiger partial charge on any atom is 0.221 e. The largest absolute Gasteiger partial charge is 0.356 e. The number of halogens is 1. The van der Waals surface area contributed by atoms with Gasteiger partial charge >= 0.3 is 0 Å². The number of nitrogens with one attached hydrogen (secondary N) is 3. The summed E-state index contributed by atoms with van der Waals surface area (Å²) in [4.78, 5) is 15.6. The molecule has 0 aromatic heterocycles. The van der Waals surface area contributed by atoms with Crippen molar-refractivity contribution < 1.29 is 9.18 Å². The van der Waals surface area contributed by atoms with Crippen LogP contribution in [0.3, 0.4) is 0 Å². The third kappa shape index (κ3) is 7.06. The molecule has 1 aromatic rings. The molecule has 0 bridgehead atoms. The highest BCUT2D eigenvalue weighted by molar-refractivity contribution is 5.81. The van der Waals surface area contributed by atoms with Crippen LogP contribution in [-0.2, 0) is 11.2 Å². The van der Waals surface area contributed by atoms with Crippen LogP contribution >= 0.6 is 0 Å². The number of guanidine groups is 1. The highest BCUT2D eigenvalue weighted by Gasteiger charge is 2.04. The molecule has 122 valence electrons. The lowest BCUT2D eigenvalue weighted by molar-refractivity contribution is -0.121. The average Bonchev–Trinajstić information content (AvgIpc) is 2.46. The SMILES string of the molecule is CN=C(NCCC(=O)NC(C)C)NCCc1ccccc1F. The first-order valence-corrected chi connectivity index (χ1v) is 7.50. The van der Waals surface area contributed by atoms with E-state index in [1.54, 1.807) is 19.2 Å². The zero-order valence-electron chi connectivity index (χ0n) is 13.4. The fourth-order valence-corrected chi connectivity index (χ4v) is 1.93. The number of amides is 1. The lowest BCUT2D eigenvalue weighted by Gasteiger charge is -2.13. The third-order valence-corrected chi connectivity index (χ3v) is 2.96. The minimum Gasteiger partial charge on any atom is -0.356 e. The van der Waals surface area contributed by atoms with Gasteiger partial charge in [-0.3, -0.25) is 9.79 Å². The number of benzene rings is 1. The molecule has 0 radical (unpaired) electrons. The summed E-state index contributed by atoms with van der Waals surface area (Å²) in [6.45, 7) is 4.92. The van der Waals surface area contributed by atoms with Crippen LogP contribution in [0.1, 0.15) is 25.8 Å². The lowest BCUT2D eigenvalue weighted by Crippen LogP contribution is -2.40. The molecule has 0 aliphatic carbocycles. The van der Waals surface area contributed by atoms with Crippen LogP contribution in [0.5, 0.6) is 0 Å². The van der Waals surface area contributed by atoms with E-state index < -0.39 is 0 Å². The summed E-state index contributed by atoms with van der Waals surface area (Å²) in [5, 5.41) is 8.98. The Labute approximate surface area is 131 Å². The highest BCUT2D eigenvalue weighted by Crippen LogP contribution is 2.05. The van der Waals surface area contributed by atoms with Gasteiger partial charge in [-0.2, -0.15) is 0 Å². The first-order chi connectivity index (χ1) is 10.5. The van der Waals surface area contributed by atoms with Gasteiger partial charge < -0.3 is 16.0 Å². The zero-order chi connectivity index (χ0) is 16.4. The van der Waals surface area contributed by atoms with Crippen molar-refractivity contribution in [2.75, 3.05) is 20.1 Å². The van der Waals surface area contributed by atoms with Crippen molar-refractivity contribution >= 4 is 11.9 Å². The van der Waals surface area contributed by atoms with Crippen molar-refractivity contribution in [2.24, 2.45) is 4.99 Å². The van der Waals surface area contributed by atoms with Gasteiger partial charge in [0.1, 0.15) is 5.82 Å². The Morgan fingerprint density at radius 2 is 1.91 bits per heavy atom. The number of hydrogen-bond acceptors (Lipinski definition) is 2. The summed E-state index contributed by atoms with van der Waals surface area (Å²) in [6.07, 6.45) is 0.952. The molecular formula is C16H25FN4O. The molecule has 0 heterocycles. The minimum atomic E-state index is -0.197. The maximum atomic E-state index is 13.5. The van der Waals surface area contributed by atoms with Crippen molar-refractivity contribution in [3.05, 3.63) is 35.6 Å². The van der Waals surface area contributed by atoms with Crippen LogP contribution in [0.2, 0.25) is 0 Å². The number of aliphatic imine (C=N–C) groups is 1. The van der Waals surface area contributed by atoms with Crippen molar-refractivity contribution in [3.63, 3.8) is 0 Å². The molecule has 5 nitrogen and oxygen atoms in total. The van der Waals surface area contributed by atoms with Crippen molar-refractivity contribution in [1.82, 2.24) is 16.0 Å². The molecule has 0 fully saturated rings. The van der Waals surface area contributed by atoms with Gasteiger partial charge in [-0.25, -0.2) is 4.39 Å². The van der Waals surface area contributed by atoms with E-state index in [2.05, 4.69) is 20.9 Å². The Kier molecular flexibility index (Phi) is 7.96. The first kappa shape index (κ1) is 17.9. The van der Waals surface area contributed by atoms with Crippen LogP contribution in [0.25, 0.3) is 0 Å². The Bertz CT molecular complexity index is 503. The predicted molar refractivity (Wildman–Crippen MR) is 87.4 cm³/mol. The number of rotatable bonds is 7. The lowest BCUT2D eigenvalue weighted by atomic mass is 10.1. The van der Waals surface area contributed by atoms with Gasteiger partial charge in [-0.15, -0.1) is 0 Å². The molecule has 6 heteroatoms. The van der Waals surface area contributed by atoms with Gasteiger partial charge in [0, 0.05) is 32.6 Å². The maximum absolute atomic E-state index is 13.5. The molecule has 22 heavy (non-hydrogen) atoms. The molecule has 1 aromatic carbocycles. The molecule has 3 N–H and O–H groups in total. The molecule has 0 spiro atoms. The fourth-order valence-electron chi connectivity index (χ4n) is 1.93. The second kappa shape index (κ2) is 9.76. The van der Waals surface area contributed by atoms with Gasteiger partial charge in [0.25, 0.3) is 0 Å². The minimum absolute atomic E-state index is 0.00399. The third-order valence-electron chi connectivity index (χ3n) is 2.96. The number of carbonyl (C=O) groups excluding carboxylic acids is 1. The number of nitrogens with zero attached hydrogens (tertiary/aromatic N) is 1. The quantitative estimate of drug-likeness (QED) is 0.527. The van der Waals surface area contributed by atoms with Gasteiger partial charge in [-0.1, -0.05) is 18.2 Å². The molecule has 0 aliphatic heterocycles. The van der Waals surface area contributed by atoms with Gasteiger partial charge in [0.2, 0.25) is 5.91 Å².